The van der Waals surface area contributed by atoms with Gasteiger partial charge in [0.25, 0.3) is 0 Å². The second-order valence-corrected chi connectivity index (χ2v) is 6.83. The molecule has 1 aliphatic rings. The summed E-state index contributed by atoms with van der Waals surface area (Å²) in [5.41, 5.74) is 0.739. The van der Waals surface area contributed by atoms with Crippen molar-refractivity contribution in [1.29, 1.82) is 0 Å². The van der Waals surface area contributed by atoms with E-state index in [0.717, 1.165) is 11.3 Å². The number of hydrogen-bond donors (Lipinski definition) is 3. The molecule has 0 saturated heterocycles. The van der Waals surface area contributed by atoms with Gasteiger partial charge >= 0.3 is 0 Å². The van der Waals surface area contributed by atoms with Gasteiger partial charge in [-0.05, 0) is 30.5 Å². The van der Waals surface area contributed by atoms with E-state index in [9.17, 15) is 10.2 Å². The van der Waals surface area contributed by atoms with E-state index in [-0.39, 0.29) is 30.2 Å². The van der Waals surface area contributed by atoms with Crippen LogP contribution in [0.1, 0.15) is 18.4 Å². The molecular weight excluding hydrogens is 405 g/mol. The third-order valence-corrected chi connectivity index (χ3v) is 4.76. The molecule has 0 spiro atoms. The summed E-state index contributed by atoms with van der Waals surface area (Å²) in [6.07, 6.45) is 4.18. The summed E-state index contributed by atoms with van der Waals surface area (Å²) in [4.78, 5) is 8.10. The van der Waals surface area contributed by atoms with E-state index < -0.39 is 12.2 Å². The molecule has 0 amide bonds. The van der Waals surface area contributed by atoms with E-state index in [2.05, 4.69) is 15.3 Å². The highest BCUT2D eigenvalue weighted by atomic mass is 35.5. The fourth-order valence-corrected chi connectivity index (χ4v) is 3.40. The van der Waals surface area contributed by atoms with Crippen molar-refractivity contribution in [3.63, 3.8) is 0 Å². The summed E-state index contributed by atoms with van der Waals surface area (Å²) in [5, 5.41) is 23.5. The molecule has 0 aliphatic heterocycles. The molecule has 7 nitrogen and oxygen atoms in total. The van der Waals surface area contributed by atoms with E-state index in [1.165, 1.54) is 0 Å². The topological polar surface area (TPSA) is 96.7 Å². The lowest BCUT2D eigenvalue weighted by Gasteiger charge is -2.29. The molecular formula is C19H27Cl2N3O4. The fourth-order valence-electron chi connectivity index (χ4n) is 3.40. The minimum Gasteiger partial charge on any atom is -0.497 e. The first-order chi connectivity index (χ1) is 12.6. The predicted octanol–water partition coefficient (Wildman–Crippen LogP) is 2.00. The van der Waals surface area contributed by atoms with Crippen molar-refractivity contribution in [2.45, 2.75) is 31.6 Å². The van der Waals surface area contributed by atoms with Crippen LogP contribution in [-0.2, 0) is 6.54 Å². The van der Waals surface area contributed by atoms with Gasteiger partial charge in [-0.2, -0.15) is 0 Å². The number of methoxy groups -OCH3 is 1. The van der Waals surface area contributed by atoms with Crippen LogP contribution in [0.15, 0.2) is 42.9 Å². The van der Waals surface area contributed by atoms with Gasteiger partial charge in [-0.3, -0.25) is 4.98 Å². The van der Waals surface area contributed by atoms with Crippen LogP contribution in [0, 0.1) is 5.41 Å². The third kappa shape index (κ3) is 6.46. The van der Waals surface area contributed by atoms with Gasteiger partial charge in [-0.25, -0.2) is 4.98 Å². The SMILES string of the molecule is COc1cccc(CNCC2(COc3cnccn3)C[C@@H](O)[C@@H](O)C2)c1.Cl.Cl. The zero-order valence-corrected chi connectivity index (χ0v) is 17.3. The average Bonchev–Trinajstić information content (AvgIpc) is 2.95. The Morgan fingerprint density at radius 2 is 1.93 bits per heavy atom. The largest absolute Gasteiger partial charge is 0.497 e. The van der Waals surface area contributed by atoms with Gasteiger partial charge in [-0.15, -0.1) is 24.8 Å². The van der Waals surface area contributed by atoms with Gasteiger partial charge < -0.3 is 25.0 Å². The summed E-state index contributed by atoms with van der Waals surface area (Å²) in [7, 11) is 1.65. The Labute approximate surface area is 177 Å². The second kappa shape index (κ2) is 11.4. The number of aliphatic hydroxyl groups excluding tert-OH is 2. The molecule has 28 heavy (non-hydrogen) atoms. The number of rotatable bonds is 8. The molecule has 1 saturated carbocycles. The minimum absolute atomic E-state index is 0. The summed E-state index contributed by atoms with van der Waals surface area (Å²) in [5.74, 6) is 1.26. The highest BCUT2D eigenvalue weighted by molar-refractivity contribution is 5.85. The Balaban J connectivity index is 0.00000196. The number of ether oxygens (including phenoxy) is 2. The van der Waals surface area contributed by atoms with Crippen molar-refractivity contribution in [3.05, 3.63) is 48.4 Å². The molecule has 9 heteroatoms. The van der Waals surface area contributed by atoms with Crippen LogP contribution >= 0.6 is 24.8 Å². The average molecular weight is 432 g/mol. The first kappa shape index (κ1) is 24.4. The zero-order chi connectivity index (χ0) is 18.4. The molecule has 1 fully saturated rings. The van der Waals surface area contributed by atoms with Gasteiger partial charge in [0.15, 0.2) is 0 Å². The molecule has 1 aromatic carbocycles. The number of halogens is 2. The number of aromatic nitrogens is 2. The first-order valence-electron chi connectivity index (χ1n) is 8.69. The second-order valence-electron chi connectivity index (χ2n) is 6.83. The Kier molecular flexibility index (Phi) is 9.92. The molecule has 3 atom stereocenters. The summed E-state index contributed by atoms with van der Waals surface area (Å²) >= 11 is 0. The highest BCUT2D eigenvalue weighted by Gasteiger charge is 2.44. The lowest BCUT2D eigenvalue weighted by atomic mass is 9.86. The normalized spacial score (nSPS) is 23.4. The standard InChI is InChI=1S/C19H25N3O4.2ClH/c1-25-15-4-2-3-14(7-15)10-21-12-19(8-16(23)17(24)9-19)13-26-18-11-20-5-6-22-18;;/h2-7,11,16-17,21,23-24H,8-10,12-13H2,1H3;2*1H/t16-,17+,19?;;. The number of hydrogen-bond acceptors (Lipinski definition) is 7. The zero-order valence-electron chi connectivity index (χ0n) is 15.7. The van der Waals surface area contributed by atoms with Crippen LogP contribution in [0.25, 0.3) is 0 Å². The molecule has 1 aromatic heterocycles. The summed E-state index contributed by atoms with van der Waals surface area (Å²) in [6, 6.07) is 7.86. The molecule has 0 bridgehead atoms. The Morgan fingerprint density at radius 3 is 2.57 bits per heavy atom. The first-order valence-corrected chi connectivity index (χ1v) is 8.69. The molecule has 3 rings (SSSR count). The molecule has 0 radical (unpaired) electrons. The van der Waals surface area contributed by atoms with Crippen LogP contribution in [0.5, 0.6) is 11.6 Å². The number of benzene rings is 1. The van der Waals surface area contributed by atoms with Crippen molar-refractivity contribution < 1.29 is 19.7 Å². The maximum absolute atomic E-state index is 10.0. The summed E-state index contributed by atoms with van der Waals surface area (Å²) in [6.45, 7) is 1.62. The van der Waals surface area contributed by atoms with Crippen molar-refractivity contribution in [3.8, 4) is 11.6 Å². The monoisotopic (exact) mass is 431 g/mol. The minimum atomic E-state index is -0.737. The predicted molar refractivity (Wildman–Crippen MR) is 110 cm³/mol. The van der Waals surface area contributed by atoms with E-state index in [1.54, 1.807) is 25.7 Å². The molecule has 156 valence electrons. The quantitative estimate of drug-likeness (QED) is 0.587. The number of aliphatic hydroxyl groups is 2. The molecule has 1 heterocycles. The lowest BCUT2D eigenvalue weighted by molar-refractivity contribution is 0.0438. The smallest absolute Gasteiger partial charge is 0.232 e. The fraction of sp³-hybridized carbons (Fsp3) is 0.474. The van der Waals surface area contributed by atoms with E-state index in [0.29, 0.717) is 38.4 Å². The van der Waals surface area contributed by atoms with Crippen molar-refractivity contribution in [1.82, 2.24) is 15.3 Å². The van der Waals surface area contributed by atoms with Crippen LogP contribution in [0.2, 0.25) is 0 Å². The van der Waals surface area contributed by atoms with Crippen LogP contribution in [0.3, 0.4) is 0 Å². The van der Waals surface area contributed by atoms with Gasteiger partial charge in [0.2, 0.25) is 5.88 Å². The maximum Gasteiger partial charge on any atom is 0.232 e. The summed E-state index contributed by atoms with van der Waals surface area (Å²) < 4.78 is 11.0. The Hall–Kier alpha value is -1.64. The van der Waals surface area contributed by atoms with Crippen molar-refractivity contribution in [2.24, 2.45) is 5.41 Å². The van der Waals surface area contributed by atoms with E-state index in [1.807, 2.05) is 24.3 Å². The Morgan fingerprint density at radius 1 is 1.18 bits per heavy atom. The molecule has 1 unspecified atom stereocenters. The van der Waals surface area contributed by atoms with Gasteiger partial charge in [0, 0.05) is 30.9 Å². The van der Waals surface area contributed by atoms with Gasteiger partial charge in [0.05, 0.1) is 32.1 Å². The van der Waals surface area contributed by atoms with E-state index in [4.69, 9.17) is 9.47 Å². The van der Waals surface area contributed by atoms with Crippen LogP contribution in [-0.4, -0.2) is 52.7 Å². The van der Waals surface area contributed by atoms with Gasteiger partial charge in [0.1, 0.15) is 5.75 Å². The molecule has 3 N–H and O–H groups in total. The maximum atomic E-state index is 10.0. The van der Waals surface area contributed by atoms with Crippen molar-refractivity contribution in [2.75, 3.05) is 20.3 Å². The highest BCUT2D eigenvalue weighted by Crippen LogP contribution is 2.38. The van der Waals surface area contributed by atoms with Crippen LogP contribution in [0.4, 0.5) is 0 Å². The van der Waals surface area contributed by atoms with Crippen molar-refractivity contribution >= 4 is 24.8 Å². The number of nitrogens with zero attached hydrogens (tertiary/aromatic N) is 2. The van der Waals surface area contributed by atoms with E-state index >= 15 is 0 Å². The van der Waals surface area contributed by atoms with Gasteiger partial charge in [-0.1, -0.05) is 12.1 Å². The third-order valence-electron chi connectivity index (χ3n) is 4.76. The molecule has 1 aliphatic carbocycles. The molecule has 2 aromatic rings. The Bertz CT molecular complexity index is 699. The lowest BCUT2D eigenvalue weighted by Crippen LogP contribution is -2.38. The van der Waals surface area contributed by atoms with Crippen LogP contribution < -0.4 is 14.8 Å². The number of nitrogens with one attached hydrogen (secondary N) is 1.